The van der Waals surface area contributed by atoms with Crippen LogP contribution in [0.4, 0.5) is 0 Å². The van der Waals surface area contributed by atoms with Crippen molar-refractivity contribution in [3.8, 4) is 17.1 Å². The lowest BCUT2D eigenvalue weighted by atomic mass is 10.1. The molecule has 0 aliphatic heterocycles. The first-order valence-corrected chi connectivity index (χ1v) is 5.96. The number of hydrogen-bond donors (Lipinski definition) is 2. The average molecular weight is 261 g/mol. The van der Waals surface area contributed by atoms with E-state index in [9.17, 15) is 4.79 Å². The third-order valence-corrected chi connectivity index (χ3v) is 2.49. The molecule has 0 aliphatic rings. The van der Waals surface area contributed by atoms with Crippen LogP contribution in [0.2, 0.25) is 0 Å². The first-order chi connectivity index (χ1) is 9.26. The summed E-state index contributed by atoms with van der Waals surface area (Å²) in [5, 5.41) is 3.66. The minimum Gasteiger partial charge on any atom is -0.493 e. The van der Waals surface area contributed by atoms with E-state index >= 15 is 0 Å². The van der Waals surface area contributed by atoms with Crippen molar-refractivity contribution < 1.29 is 14.1 Å². The molecule has 3 N–H and O–H groups in total. The summed E-state index contributed by atoms with van der Waals surface area (Å²) in [6.45, 7) is 2.64. The van der Waals surface area contributed by atoms with E-state index in [1.165, 1.54) is 6.07 Å². The Morgan fingerprint density at radius 2 is 2.26 bits per heavy atom. The van der Waals surface area contributed by atoms with Crippen LogP contribution in [-0.4, -0.2) is 17.7 Å². The average Bonchev–Trinajstić information content (AvgIpc) is 2.94. The van der Waals surface area contributed by atoms with Crippen LogP contribution >= 0.6 is 0 Å². The molecule has 0 unspecified atom stereocenters. The maximum absolute atomic E-state index is 11.3. The largest absolute Gasteiger partial charge is 0.493 e. The molecule has 0 aliphatic carbocycles. The number of nitrogens with one attached hydrogen (secondary N) is 1. The molecule has 0 spiro atoms. The molecule has 2 rings (SSSR count). The summed E-state index contributed by atoms with van der Waals surface area (Å²) in [5.74, 6) is 5.70. The number of aromatic nitrogens is 1. The van der Waals surface area contributed by atoms with Gasteiger partial charge in [-0.2, -0.15) is 0 Å². The molecule has 0 fully saturated rings. The Kier molecular flexibility index (Phi) is 4.15. The summed E-state index contributed by atoms with van der Waals surface area (Å²) < 4.78 is 10.8. The molecule has 1 heterocycles. The van der Waals surface area contributed by atoms with E-state index in [4.69, 9.17) is 15.1 Å². The normalized spacial score (nSPS) is 10.2. The first-order valence-electron chi connectivity index (χ1n) is 5.96. The van der Waals surface area contributed by atoms with Gasteiger partial charge in [0.25, 0.3) is 5.91 Å². The van der Waals surface area contributed by atoms with Gasteiger partial charge in [-0.1, -0.05) is 24.2 Å². The SMILES string of the molecule is CCCOc1ccccc1-c1cc(C(=O)NN)no1. The van der Waals surface area contributed by atoms with Crippen molar-refractivity contribution >= 4 is 5.91 Å². The second kappa shape index (κ2) is 6.01. The van der Waals surface area contributed by atoms with Gasteiger partial charge in [-0.15, -0.1) is 0 Å². The Balaban J connectivity index is 2.30. The van der Waals surface area contributed by atoms with Crippen molar-refractivity contribution in [3.63, 3.8) is 0 Å². The van der Waals surface area contributed by atoms with E-state index in [0.29, 0.717) is 18.1 Å². The summed E-state index contributed by atoms with van der Waals surface area (Å²) in [7, 11) is 0. The van der Waals surface area contributed by atoms with Crippen LogP contribution < -0.4 is 16.0 Å². The molecular formula is C13H15N3O3. The fourth-order valence-electron chi connectivity index (χ4n) is 1.59. The van der Waals surface area contributed by atoms with E-state index in [-0.39, 0.29) is 5.69 Å². The van der Waals surface area contributed by atoms with E-state index in [1.807, 2.05) is 36.6 Å². The molecule has 1 aromatic heterocycles. The number of carbonyl (C=O) groups is 1. The molecule has 0 saturated carbocycles. The highest BCUT2D eigenvalue weighted by atomic mass is 16.5. The third-order valence-electron chi connectivity index (χ3n) is 2.49. The molecule has 19 heavy (non-hydrogen) atoms. The number of nitrogens with zero attached hydrogens (tertiary/aromatic N) is 1. The van der Waals surface area contributed by atoms with Gasteiger partial charge < -0.3 is 9.26 Å². The van der Waals surface area contributed by atoms with E-state index < -0.39 is 5.91 Å². The molecular weight excluding hydrogens is 246 g/mol. The summed E-state index contributed by atoms with van der Waals surface area (Å²) in [4.78, 5) is 11.3. The maximum Gasteiger partial charge on any atom is 0.287 e. The van der Waals surface area contributed by atoms with Gasteiger partial charge in [0, 0.05) is 6.07 Å². The highest BCUT2D eigenvalue weighted by molar-refractivity contribution is 5.92. The zero-order chi connectivity index (χ0) is 13.7. The Labute approximate surface area is 110 Å². The van der Waals surface area contributed by atoms with Crippen LogP contribution in [0.1, 0.15) is 23.8 Å². The smallest absolute Gasteiger partial charge is 0.287 e. The second-order valence-corrected chi connectivity index (χ2v) is 3.89. The fraction of sp³-hybridized carbons (Fsp3) is 0.231. The fourth-order valence-corrected chi connectivity index (χ4v) is 1.59. The first kappa shape index (κ1) is 13.1. The minimum atomic E-state index is -0.498. The highest BCUT2D eigenvalue weighted by Gasteiger charge is 2.15. The summed E-state index contributed by atoms with van der Waals surface area (Å²) >= 11 is 0. The number of nitrogens with two attached hydrogens (primary N) is 1. The van der Waals surface area contributed by atoms with Crippen molar-refractivity contribution in [2.75, 3.05) is 6.61 Å². The van der Waals surface area contributed by atoms with Gasteiger partial charge in [-0.25, -0.2) is 5.84 Å². The molecule has 0 atom stereocenters. The molecule has 6 heteroatoms. The van der Waals surface area contributed by atoms with Crippen molar-refractivity contribution in [1.82, 2.24) is 10.6 Å². The lowest BCUT2D eigenvalue weighted by molar-refractivity contribution is 0.0944. The number of hydrogen-bond acceptors (Lipinski definition) is 5. The Morgan fingerprint density at radius 3 is 3.00 bits per heavy atom. The standard InChI is InChI=1S/C13H15N3O3/c1-2-7-18-11-6-4-3-5-9(11)12-8-10(16-19-12)13(17)15-14/h3-6,8H,2,7,14H2,1H3,(H,15,17). The van der Waals surface area contributed by atoms with Crippen molar-refractivity contribution in [3.05, 3.63) is 36.0 Å². The summed E-state index contributed by atoms with van der Waals surface area (Å²) in [6.07, 6.45) is 0.908. The zero-order valence-electron chi connectivity index (χ0n) is 10.6. The number of benzene rings is 1. The van der Waals surface area contributed by atoms with Crippen LogP contribution in [0.15, 0.2) is 34.9 Å². The number of ether oxygens (including phenoxy) is 1. The van der Waals surface area contributed by atoms with Crippen LogP contribution in [0, 0.1) is 0 Å². The van der Waals surface area contributed by atoms with Crippen LogP contribution in [0.3, 0.4) is 0 Å². The van der Waals surface area contributed by atoms with Crippen molar-refractivity contribution in [2.45, 2.75) is 13.3 Å². The predicted molar refractivity (Wildman–Crippen MR) is 69.4 cm³/mol. The lowest BCUT2D eigenvalue weighted by Gasteiger charge is -2.07. The van der Waals surface area contributed by atoms with E-state index in [0.717, 1.165) is 12.0 Å². The molecule has 6 nitrogen and oxygen atoms in total. The van der Waals surface area contributed by atoms with Crippen molar-refractivity contribution in [2.24, 2.45) is 5.84 Å². The molecule has 2 aromatic rings. The number of hydrazine groups is 1. The van der Waals surface area contributed by atoms with Gasteiger partial charge in [0.2, 0.25) is 0 Å². The van der Waals surface area contributed by atoms with Crippen molar-refractivity contribution in [1.29, 1.82) is 0 Å². The number of nitrogen functional groups attached to an aromatic ring is 1. The molecule has 0 radical (unpaired) electrons. The van der Waals surface area contributed by atoms with Crippen LogP contribution in [0.5, 0.6) is 5.75 Å². The highest BCUT2D eigenvalue weighted by Crippen LogP contribution is 2.30. The van der Waals surface area contributed by atoms with Gasteiger partial charge in [-0.3, -0.25) is 10.2 Å². The zero-order valence-corrected chi connectivity index (χ0v) is 10.6. The Bertz CT molecular complexity index is 566. The summed E-state index contributed by atoms with van der Waals surface area (Å²) in [5.41, 5.74) is 2.88. The number of para-hydroxylation sites is 1. The van der Waals surface area contributed by atoms with Gasteiger partial charge in [0.1, 0.15) is 5.75 Å². The predicted octanol–water partition coefficient (Wildman–Crippen LogP) is 1.73. The van der Waals surface area contributed by atoms with Gasteiger partial charge in [-0.05, 0) is 18.6 Å². The maximum atomic E-state index is 11.3. The quantitative estimate of drug-likeness (QED) is 0.486. The van der Waals surface area contributed by atoms with Crippen LogP contribution in [0.25, 0.3) is 11.3 Å². The molecule has 0 saturated heterocycles. The molecule has 1 aromatic carbocycles. The third kappa shape index (κ3) is 2.92. The number of rotatable bonds is 5. The van der Waals surface area contributed by atoms with Gasteiger partial charge in [0.05, 0.1) is 12.2 Å². The van der Waals surface area contributed by atoms with E-state index in [2.05, 4.69) is 5.16 Å². The minimum absolute atomic E-state index is 0.128. The Morgan fingerprint density at radius 1 is 1.47 bits per heavy atom. The molecule has 1 amide bonds. The number of carbonyl (C=O) groups excluding carboxylic acids is 1. The summed E-state index contributed by atoms with van der Waals surface area (Å²) in [6, 6.07) is 8.94. The topological polar surface area (TPSA) is 90.4 Å². The lowest BCUT2D eigenvalue weighted by Crippen LogP contribution is -2.30. The van der Waals surface area contributed by atoms with E-state index in [1.54, 1.807) is 0 Å². The molecule has 100 valence electrons. The van der Waals surface area contributed by atoms with Crippen LogP contribution in [-0.2, 0) is 0 Å². The monoisotopic (exact) mass is 261 g/mol. The molecule has 0 bridgehead atoms. The second-order valence-electron chi connectivity index (χ2n) is 3.89. The Hall–Kier alpha value is -2.34. The number of amides is 1. The van der Waals surface area contributed by atoms with Gasteiger partial charge in [0.15, 0.2) is 11.5 Å². The van der Waals surface area contributed by atoms with Gasteiger partial charge >= 0.3 is 0 Å².